The average molecular weight is 430 g/mol. The van der Waals surface area contributed by atoms with Gasteiger partial charge in [0.05, 0.1) is 17.7 Å². The summed E-state index contributed by atoms with van der Waals surface area (Å²) in [5.74, 6) is 0.738. The van der Waals surface area contributed by atoms with Gasteiger partial charge in [0, 0.05) is 18.9 Å². The highest BCUT2D eigenvalue weighted by Gasteiger charge is 2.62. The van der Waals surface area contributed by atoms with Crippen molar-refractivity contribution in [2.75, 3.05) is 7.05 Å². The van der Waals surface area contributed by atoms with Gasteiger partial charge in [-0.2, -0.15) is 0 Å². The second kappa shape index (κ2) is 7.47. The van der Waals surface area contributed by atoms with E-state index in [1.165, 1.54) is 10.5 Å². The molecule has 5 nitrogen and oxygen atoms in total. The summed E-state index contributed by atoms with van der Waals surface area (Å²) in [6.45, 7) is 14.8. The van der Waals surface area contributed by atoms with E-state index in [1.54, 1.807) is 7.05 Å². The topological polar surface area (TPSA) is 70.1 Å². The number of carbonyl (C=O) groups excluding carboxylic acids is 2. The molecule has 4 rings (SSSR count). The van der Waals surface area contributed by atoms with Gasteiger partial charge in [-0.15, -0.1) is 0 Å². The molecular weight excluding hydrogens is 390 g/mol. The van der Waals surface area contributed by atoms with E-state index in [1.807, 2.05) is 13.8 Å². The van der Waals surface area contributed by atoms with Crippen LogP contribution in [0.25, 0.3) is 0 Å². The van der Waals surface area contributed by atoms with Gasteiger partial charge < -0.3 is 14.7 Å². The Hall–Kier alpha value is -1.62. The van der Waals surface area contributed by atoms with Crippen molar-refractivity contribution in [2.24, 2.45) is 41.4 Å². The lowest BCUT2D eigenvalue weighted by atomic mass is 9.54. The number of aliphatic hydroxyl groups excluding tert-OH is 1. The van der Waals surface area contributed by atoms with Crippen LogP contribution in [0.4, 0.5) is 0 Å². The molecule has 0 aromatic rings. The van der Waals surface area contributed by atoms with Crippen LogP contribution in [0.15, 0.2) is 23.0 Å². The summed E-state index contributed by atoms with van der Waals surface area (Å²) in [6, 6.07) is -0.505. The van der Waals surface area contributed by atoms with Crippen LogP contribution in [0.3, 0.4) is 0 Å². The van der Waals surface area contributed by atoms with Gasteiger partial charge in [0.1, 0.15) is 11.3 Å². The monoisotopic (exact) mass is 429 g/mol. The van der Waals surface area contributed by atoms with Crippen molar-refractivity contribution in [3.05, 3.63) is 23.0 Å². The van der Waals surface area contributed by atoms with Gasteiger partial charge in [-0.05, 0) is 63.2 Å². The molecule has 5 heteroatoms. The van der Waals surface area contributed by atoms with Crippen molar-refractivity contribution in [2.45, 2.75) is 79.1 Å². The van der Waals surface area contributed by atoms with E-state index in [4.69, 9.17) is 4.74 Å². The third kappa shape index (κ3) is 3.30. The first kappa shape index (κ1) is 22.6. The van der Waals surface area contributed by atoms with E-state index < -0.39 is 6.04 Å². The summed E-state index contributed by atoms with van der Waals surface area (Å²) in [6.07, 6.45) is 4.68. The zero-order valence-corrected chi connectivity index (χ0v) is 20.3. The molecule has 0 aromatic carbocycles. The highest BCUT2D eigenvalue weighted by Crippen LogP contribution is 2.59. The summed E-state index contributed by atoms with van der Waals surface area (Å²) in [5, 5.41) is 11.7. The van der Waals surface area contributed by atoms with Crippen molar-refractivity contribution in [1.82, 2.24) is 4.90 Å². The predicted octanol–water partition coefficient (Wildman–Crippen LogP) is 4.53. The zero-order valence-electron chi connectivity index (χ0n) is 20.3. The van der Waals surface area contributed by atoms with Gasteiger partial charge in [-0.25, -0.2) is 0 Å². The molecule has 2 saturated heterocycles. The lowest BCUT2D eigenvalue weighted by Gasteiger charge is -2.50. The molecule has 2 heterocycles. The predicted molar refractivity (Wildman–Crippen MR) is 120 cm³/mol. The Bertz CT molecular complexity index is 857. The Labute approximate surface area is 186 Å². The number of epoxide rings is 1. The van der Waals surface area contributed by atoms with Crippen LogP contribution in [-0.4, -0.2) is 46.5 Å². The molecule has 172 valence electrons. The molecule has 0 bridgehead atoms. The van der Waals surface area contributed by atoms with Crippen LogP contribution in [-0.2, 0) is 14.3 Å². The van der Waals surface area contributed by atoms with Crippen molar-refractivity contribution < 1.29 is 19.4 Å². The lowest BCUT2D eigenvalue weighted by Crippen LogP contribution is -2.47. The zero-order chi connectivity index (χ0) is 23.0. The number of allylic oxidation sites excluding steroid dienone is 2. The first-order valence-corrected chi connectivity index (χ1v) is 12.0. The van der Waals surface area contributed by atoms with Crippen LogP contribution < -0.4 is 0 Å². The van der Waals surface area contributed by atoms with Gasteiger partial charge in [0.2, 0.25) is 0 Å². The number of ether oxygens (including phenoxy) is 1. The highest BCUT2D eigenvalue weighted by atomic mass is 16.6. The molecule has 9 atom stereocenters. The summed E-state index contributed by atoms with van der Waals surface area (Å²) in [5.41, 5.74) is 0.868. The number of Topliss-reactive ketones (excluding diaryl/α,β-unsaturated/α-hetero) is 1. The second-order valence-electron chi connectivity index (χ2n) is 11.4. The average Bonchev–Trinajstić information content (AvgIpc) is 3.18. The number of likely N-dealkylation sites (N-methyl/N-ethyl adjacent to an activating group) is 1. The lowest BCUT2D eigenvalue weighted by molar-refractivity contribution is -0.126. The molecule has 1 saturated carbocycles. The Balaban J connectivity index is 1.86. The van der Waals surface area contributed by atoms with E-state index in [-0.39, 0.29) is 58.4 Å². The van der Waals surface area contributed by atoms with E-state index in [9.17, 15) is 14.7 Å². The van der Waals surface area contributed by atoms with Gasteiger partial charge in [0.15, 0.2) is 5.78 Å². The third-order valence-electron chi connectivity index (χ3n) is 8.81. The van der Waals surface area contributed by atoms with Crippen LogP contribution in [0, 0.1) is 41.4 Å². The van der Waals surface area contributed by atoms with Crippen molar-refractivity contribution in [1.29, 1.82) is 0 Å². The van der Waals surface area contributed by atoms with Gasteiger partial charge in [-0.1, -0.05) is 39.3 Å². The fourth-order valence-electron chi connectivity index (χ4n) is 7.38. The molecule has 2 aliphatic carbocycles. The number of rotatable bonds is 3. The van der Waals surface area contributed by atoms with Gasteiger partial charge in [-0.3, -0.25) is 9.59 Å². The molecule has 0 unspecified atom stereocenters. The summed E-state index contributed by atoms with van der Waals surface area (Å²) >= 11 is 0. The maximum absolute atomic E-state index is 13.3. The minimum Gasteiger partial charge on any atom is -0.511 e. The molecule has 1 amide bonds. The van der Waals surface area contributed by atoms with Crippen molar-refractivity contribution >= 4 is 11.7 Å². The van der Waals surface area contributed by atoms with Crippen LogP contribution in [0.1, 0.15) is 61.3 Å². The summed E-state index contributed by atoms with van der Waals surface area (Å²) in [7, 11) is 1.68. The van der Waals surface area contributed by atoms with Crippen molar-refractivity contribution in [3.8, 4) is 0 Å². The molecular formula is C26H39NO4. The fourth-order valence-corrected chi connectivity index (χ4v) is 7.38. The Morgan fingerprint density at radius 3 is 2.35 bits per heavy atom. The van der Waals surface area contributed by atoms with Crippen molar-refractivity contribution in [3.63, 3.8) is 0 Å². The highest BCUT2D eigenvalue weighted by molar-refractivity contribution is 6.26. The van der Waals surface area contributed by atoms with Gasteiger partial charge in [0.25, 0.3) is 5.91 Å². The second-order valence-corrected chi connectivity index (χ2v) is 11.4. The van der Waals surface area contributed by atoms with Crippen LogP contribution >= 0.6 is 0 Å². The quantitative estimate of drug-likeness (QED) is 0.235. The molecule has 0 aromatic heterocycles. The van der Waals surface area contributed by atoms with E-state index in [2.05, 4.69) is 40.7 Å². The SMILES string of the molecule is CC1=C[C@@H]2C[C@H](C)C[C@H](C)[C@@H]2[C@@H](C(O)=C2C(=O)[C@H](C(C)C)N(C)C2=O)[C@@H]1[C@@]1(C)O[C@@H]1C. The van der Waals surface area contributed by atoms with Gasteiger partial charge >= 0.3 is 0 Å². The maximum atomic E-state index is 13.3. The smallest absolute Gasteiger partial charge is 0.261 e. The fraction of sp³-hybridized carbons (Fsp3) is 0.769. The normalized spacial score (nSPS) is 46.9. The maximum Gasteiger partial charge on any atom is 0.261 e. The van der Waals surface area contributed by atoms with E-state index in [0.717, 1.165) is 12.8 Å². The van der Waals surface area contributed by atoms with E-state index >= 15 is 0 Å². The third-order valence-corrected chi connectivity index (χ3v) is 8.81. The number of aliphatic hydroxyl groups is 1. The molecule has 0 radical (unpaired) electrons. The number of amides is 1. The Morgan fingerprint density at radius 2 is 1.84 bits per heavy atom. The first-order chi connectivity index (χ1) is 14.4. The largest absolute Gasteiger partial charge is 0.511 e. The molecule has 31 heavy (non-hydrogen) atoms. The number of hydrogen-bond donors (Lipinski definition) is 1. The minimum absolute atomic E-state index is 0.00189. The summed E-state index contributed by atoms with van der Waals surface area (Å²) < 4.78 is 6.07. The van der Waals surface area contributed by atoms with Crippen LogP contribution in [0.5, 0.6) is 0 Å². The number of hydrogen-bond acceptors (Lipinski definition) is 4. The number of likely N-dealkylation sites (tertiary alicyclic amines) is 1. The molecule has 4 aliphatic rings. The number of ketones is 1. The molecule has 3 fully saturated rings. The Kier molecular flexibility index (Phi) is 5.44. The molecule has 2 aliphatic heterocycles. The number of fused-ring (bicyclic) bond motifs is 1. The molecule has 0 spiro atoms. The first-order valence-electron chi connectivity index (χ1n) is 12.0. The Morgan fingerprint density at radius 1 is 1.23 bits per heavy atom. The number of nitrogens with zero attached hydrogens (tertiary/aromatic N) is 1. The standard InChI is InChI=1S/C26H39NO4/c1-12(2)22-24(29)20(25(30)27(22)8)23(28)19-18-14(4)9-13(3)10-17(18)11-15(5)21(19)26(7)16(6)31-26/h11-14,16-19,21-22,28H,9-10H2,1-8H3/t13-,14+,16-,17+,18+,19-,21-,22+,26+/m1/s1. The summed E-state index contributed by atoms with van der Waals surface area (Å²) in [4.78, 5) is 28.0. The van der Waals surface area contributed by atoms with E-state index in [0.29, 0.717) is 17.8 Å². The number of carbonyl (C=O) groups is 2. The molecule has 1 N–H and O–H groups in total. The minimum atomic E-state index is -0.505. The van der Waals surface area contributed by atoms with Crippen LogP contribution in [0.2, 0.25) is 0 Å².